The topological polar surface area (TPSA) is 74.1 Å². The molecule has 0 aliphatic heterocycles. The van der Waals surface area contributed by atoms with E-state index in [2.05, 4.69) is 14.6 Å². The maximum absolute atomic E-state index is 11.7. The Labute approximate surface area is 92.6 Å². The predicted molar refractivity (Wildman–Crippen MR) is 55.0 cm³/mol. The van der Waals surface area contributed by atoms with Gasteiger partial charge in [0, 0.05) is 0 Å². The molecular formula is C9H9N3O3S. The van der Waals surface area contributed by atoms with Crippen molar-refractivity contribution in [2.75, 3.05) is 0 Å². The Bertz CT molecular complexity index is 561. The Morgan fingerprint density at radius 3 is 2.50 bits per heavy atom. The molecule has 1 aromatic carbocycles. The molecule has 0 saturated heterocycles. The summed E-state index contributed by atoms with van der Waals surface area (Å²) in [6, 6.07) is 6.33. The van der Waals surface area contributed by atoms with Crippen molar-refractivity contribution in [1.29, 1.82) is 0 Å². The first-order chi connectivity index (χ1) is 7.58. The van der Waals surface area contributed by atoms with Crippen molar-refractivity contribution in [1.82, 2.24) is 15.2 Å². The summed E-state index contributed by atoms with van der Waals surface area (Å²) >= 11 is 0. The lowest BCUT2D eigenvalue weighted by Gasteiger charge is -2.04. The first-order valence-electron chi connectivity index (χ1n) is 4.46. The van der Waals surface area contributed by atoms with Crippen LogP contribution in [-0.2, 0) is 10.1 Å². The Balaban J connectivity index is 2.29. The van der Waals surface area contributed by atoms with Gasteiger partial charge < -0.3 is 0 Å². The highest BCUT2D eigenvalue weighted by molar-refractivity contribution is 7.87. The lowest BCUT2D eigenvalue weighted by atomic mass is 10.2. The molecule has 16 heavy (non-hydrogen) atoms. The normalized spacial score (nSPS) is 11.3. The quantitative estimate of drug-likeness (QED) is 0.775. The van der Waals surface area contributed by atoms with E-state index >= 15 is 0 Å². The predicted octanol–water partition coefficient (Wildman–Crippen LogP) is 0.404. The van der Waals surface area contributed by atoms with Crippen LogP contribution in [-0.4, -0.2) is 23.6 Å². The summed E-state index contributed by atoms with van der Waals surface area (Å²) in [5, 5.41) is 6.85. The van der Waals surface area contributed by atoms with Crippen LogP contribution in [0.3, 0.4) is 0 Å². The summed E-state index contributed by atoms with van der Waals surface area (Å²) in [4.78, 5) is 0.864. The van der Waals surface area contributed by atoms with E-state index in [1.54, 1.807) is 12.1 Å². The van der Waals surface area contributed by atoms with Gasteiger partial charge in [-0.15, -0.1) is 5.10 Å². The molecule has 7 heteroatoms. The van der Waals surface area contributed by atoms with E-state index < -0.39 is 10.1 Å². The fraction of sp³-hybridized carbons (Fsp3) is 0.111. The number of aryl methyl sites for hydroxylation is 1. The molecule has 0 aliphatic carbocycles. The maximum Gasteiger partial charge on any atom is 0.358 e. The molecule has 2 aromatic rings. The van der Waals surface area contributed by atoms with Crippen molar-refractivity contribution in [3.05, 3.63) is 42.2 Å². The number of aromatic nitrogens is 3. The Morgan fingerprint density at radius 2 is 1.94 bits per heavy atom. The molecule has 0 atom stereocenters. The summed E-state index contributed by atoms with van der Waals surface area (Å²) in [6.07, 6.45) is 2.62. The second kappa shape index (κ2) is 3.93. The van der Waals surface area contributed by atoms with Crippen LogP contribution in [0, 0.1) is 6.92 Å². The number of hydrogen-bond acceptors (Lipinski definition) is 5. The third-order valence-electron chi connectivity index (χ3n) is 1.88. The van der Waals surface area contributed by atoms with Crippen LogP contribution < -0.4 is 4.28 Å². The lowest BCUT2D eigenvalue weighted by Crippen LogP contribution is -2.20. The fourth-order valence-electron chi connectivity index (χ4n) is 1.09. The molecule has 1 heterocycles. The number of hydrogen-bond donors (Lipinski definition) is 0. The van der Waals surface area contributed by atoms with Gasteiger partial charge >= 0.3 is 10.1 Å². The van der Waals surface area contributed by atoms with E-state index in [0.29, 0.717) is 0 Å². The summed E-state index contributed by atoms with van der Waals surface area (Å²) < 4.78 is 28.1. The summed E-state index contributed by atoms with van der Waals surface area (Å²) in [5.74, 6) is 0. The first kappa shape index (κ1) is 10.6. The third-order valence-corrected chi connectivity index (χ3v) is 3.08. The van der Waals surface area contributed by atoms with Gasteiger partial charge in [-0.2, -0.15) is 8.42 Å². The molecule has 84 valence electrons. The van der Waals surface area contributed by atoms with Gasteiger partial charge in [0.05, 0.1) is 12.4 Å². The molecule has 0 spiro atoms. The highest BCUT2D eigenvalue weighted by atomic mass is 32.2. The van der Waals surface area contributed by atoms with Crippen LogP contribution >= 0.6 is 0 Å². The van der Waals surface area contributed by atoms with Crippen LogP contribution in [0.5, 0.6) is 0 Å². The molecule has 0 aliphatic rings. The zero-order chi connectivity index (χ0) is 11.6. The molecule has 0 bridgehead atoms. The standard InChI is InChI=1S/C9H9N3O3S/c1-8-2-4-9(5-3-8)16(13,14)15-12-7-6-10-11-12/h2-7H,1H3. The summed E-state index contributed by atoms with van der Waals surface area (Å²) in [6.45, 7) is 1.87. The van der Waals surface area contributed by atoms with Gasteiger partial charge in [-0.25, -0.2) is 0 Å². The Hall–Kier alpha value is -1.89. The second-order valence-corrected chi connectivity index (χ2v) is 4.68. The van der Waals surface area contributed by atoms with Crippen LogP contribution in [0.4, 0.5) is 0 Å². The van der Waals surface area contributed by atoms with E-state index in [9.17, 15) is 8.42 Å². The second-order valence-electron chi connectivity index (χ2n) is 3.15. The van der Waals surface area contributed by atoms with Crippen molar-refractivity contribution in [2.45, 2.75) is 11.8 Å². The van der Waals surface area contributed by atoms with Gasteiger partial charge in [-0.3, -0.25) is 4.28 Å². The van der Waals surface area contributed by atoms with Gasteiger partial charge in [0.15, 0.2) is 0 Å². The molecule has 0 radical (unpaired) electrons. The maximum atomic E-state index is 11.7. The van der Waals surface area contributed by atoms with Crippen LogP contribution in [0.25, 0.3) is 0 Å². The monoisotopic (exact) mass is 239 g/mol. The molecule has 6 nitrogen and oxygen atoms in total. The van der Waals surface area contributed by atoms with Gasteiger partial charge in [0.2, 0.25) is 0 Å². The highest BCUT2D eigenvalue weighted by Gasteiger charge is 2.16. The zero-order valence-electron chi connectivity index (χ0n) is 8.44. The minimum Gasteiger partial charge on any atom is -0.264 e. The lowest BCUT2D eigenvalue weighted by molar-refractivity contribution is 0.233. The van der Waals surface area contributed by atoms with E-state index in [4.69, 9.17) is 0 Å². The van der Waals surface area contributed by atoms with Crippen molar-refractivity contribution < 1.29 is 12.7 Å². The van der Waals surface area contributed by atoms with Gasteiger partial charge in [-0.1, -0.05) is 22.5 Å². The van der Waals surface area contributed by atoms with E-state index in [1.807, 2.05) is 6.92 Å². The molecule has 0 unspecified atom stereocenters. The van der Waals surface area contributed by atoms with Crippen molar-refractivity contribution in [3.8, 4) is 0 Å². The van der Waals surface area contributed by atoms with Gasteiger partial charge in [0.1, 0.15) is 4.90 Å². The molecule has 0 saturated carbocycles. The molecule has 2 rings (SSSR count). The van der Waals surface area contributed by atoms with Crippen molar-refractivity contribution in [2.24, 2.45) is 0 Å². The number of rotatable bonds is 3. The third kappa shape index (κ3) is 2.19. The molecule has 0 amide bonds. The van der Waals surface area contributed by atoms with Gasteiger partial charge in [-0.05, 0) is 24.3 Å². The number of benzene rings is 1. The smallest absolute Gasteiger partial charge is 0.264 e. The zero-order valence-corrected chi connectivity index (χ0v) is 9.26. The van der Waals surface area contributed by atoms with Crippen LogP contribution in [0.15, 0.2) is 41.6 Å². The highest BCUT2D eigenvalue weighted by Crippen LogP contribution is 2.10. The van der Waals surface area contributed by atoms with Crippen molar-refractivity contribution >= 4 is 10.1 Å². The first-order valence-corrected chi connectivity index (χ1v) is 5.87. The molecule has 0 N–H and O–H groups in total. The van der Waals surface area contributed by atoms with Gasteiger partial charge in [0.25, 0.3) is 0 Å². The number of nitrogens with zero attached hydrogens (tertiary/aromatic N) is 3. The fourth-order valence-corrected chi connectivity index (χ4v) is 1.92. The van der Waals surface area contributed by atoms with E-state index in [-0.39, 0.29) is 4.90 Å². The molecular weight excluding hydrogens is 230 g/mol. The Morgan fingerprint density at radius 1 is 1.25 bits per heavy atom. The molecule has 0 fully saturated rings. The average molecular weight is 239 g/mol. The molecule has 1 aromatic heterocycles. The van der Waals surface area contributed by atoms with E-state index in [0.717, 1.165) is 10.4 Å². The summed E-state index contributed by atoms with van der Waals surface area (Å²) in [7, 11) is -3.84. The minimum atomic E-state index is -3.84. The largest absolute Gasteiger partial charge is 0.358 e. The summed E-state index contributed by atoms with van der Waals surface area (Å²) in [5.41, 5.74) is 0.972. The van der Waals surface area contributed by atoms with E-state index in [1.165, 1.54) is 24.5 Å². The minimum absolute atomic E-state index is 0.0774. The van der Waals surface area contributed by atoms with Crippen LogP contribution in [0.1, 0.15) is 5.56 Å². The van der Waals surface area contributed by atoms with Crippen LogP contribution in [0.2, 0.25) is 0 Å². The SMILES string of the molecule is Cc1ccc(S(=O)(=O)On2ccnn2)cc1. The average Bonchev–Trinajstić information content (AvgIpc) is 2.70. The van der Waals surface area contributed by atoms with Crippen molar-refractivity contribution in [3.63, 3.8) is 0 Å². The Kier molecular flexibility index (Phi) is 2.61.